The van der Waals surface area contributed by atoms with E-state index >= 15 is 0 Å². The summed E-state index contributed by atoms with van der Waals surface area (Å²) >= 11 is 3.47. The van der Waals surface area contributed by atoms with Crippen LogP contribution in [0.25, 0.3) is 0 Å². The van der Waals surface area contributed by atoms with Crippen molar-refractivity contribution >= 4 is 27.6 Å². The number of benzene rings is 2. The van der Waals surface area contributed by atoms with E-state index in [1.807, 2.05) is 12.1 Å². The van der Waals surface area contributed by atoms with Crippen LogP contribution < -0.4 is 10.6 Å². The minimum Gasteiger partial charge on any atom is -0.369 e. The van der Waals surface area contributed by atoms with Gasteiger partial charge < -0.3 is 10.6 Å². The summed E-state index contributed by atoms with van der Waals surface area (Å²) in [6.45, 7) is 2.89. The van der Waals surface area contributed by atoms with Gasteiger partial charge in [0.25, 0.3) is 0 Å². The number of aryl methyl sites for hydroxylation is 1. The SMILES string of the molecule is CCc1ccccc1C1CN=C(N)N1c1ccc(Br)cc1. The van der Waals surface area contributed by atoms with Crippen molar-refractivity contribution in [3.05, 3.63) is 64.1 Å². The molecular formula is C17H18BrN3. The molecule has 4 heteroatoms. The second-order valence-corrected chi connectivity index (χ2v) is 6.03. The Morgan fingerprint density at radius 2 is 1.90 bits per heavy atom. The Hall–Kier alpha value is -1.81. The first-order valence-corrected chi connectivity index (χ1v) is 7.92. The number of guanidine groups is 1. The van der Waals surface area contributed by atoms with E-state index in [1.165, 1.54) is 11.1 Å². The van der Waals surface area contributed by atoms with Crippen LogP contribution in [0.5, 0.6) is 0 Å². The third-order valence-electron chi connectivity index (χ3n) is 3.88. The van der Waals surface area contributed by atoms with E-state index in [2.05, 4.69) is 69.1 Å². The third-order valence-corrected chi connectivity index (χ3v) is 4.41. The molecule has 0 spiro atoms. The summed E-state index contributed by atoms with van der Waals surface area (Å²) < 4.78 is 1.06. The number of anilines is 1. The van der Waals surface area contributed by atoms with E-state index in [4.69, 9.17) is 5.73 Å². The van der Waals surface area contributed by atoms with Gasteiger partial charge in [-0.05, 0) is 41.8 Å². The largest absolute Gasteiger partial charge is 0.369 e. The quantitative estimate of drug-likeness (QED) is 0.918. The van der Waals surface area contributed by atoms with Gasteiger partial charge in [-0.2, -0.15) is 0 Å². The maximum absolute atomic E-state index is 6.13. The Kier molecular flexibility index (Phi) is 3.97. The van der Waals surface area contributed by atoms with Crippen molar-refractivity contribution in [3.8, 4) is 0 Å². The van der Waals surface area contributed by atoms with Gasteiger partial charge >= 0.3 is 0 Å². The molecule has 108 valence electrons. The molecule has 0 aromatic heterocycles. The van der Waals surface area contributed by atoms with E-state index in [0.29, 0.717) is 12.5 Å². The van der Waals surface area contributed by atoms with Gasteiger partial charge in [0.1, 0.15) is 0 Å². The zero-order valence-electron chi connectivity index (χ0n) is 12.0. The van der Waals surface area contributed by atoms with Crippen molar-refractivity contribution in [3.63, 3.8) is 0 Å². The highest BCUT2D eigenvalue weighted by molar-refractivity contribution is 9.10. The fourth-order valence-corrected chi connectivity index (χ4v) is 3.09. The van der Waals surface area contributed by atoms with Gasteiger partial charge in [0.2, 0.25) is 0 Å². The topological polar surface area (TPSA) is 41.6 Å². The van der Waals surface area contributed by atoms with Crippen LogP contribution in [0.4, 0.5) is 5.69 Å². The number of rotatable bonds is 3. The summed E-state index contributed by atoms with van der Waals surface area (Å²) in [5, 5.41) is 0. The van der Waals surface area contributed by atoms with E-state index in [0.717, 1.165) is 16.6 Å². The van der Waals surface area contributed by atoms with Gasteiger partial charge in [0, 0.05) is 10.2 Å². The number of hydrogen-bond donors (Lipinski definition) is 1. The molecule has 3 nitrogen and oxygen atoms in total. The molecule has 0 amide bonds. The van der Waals surface area contributed by atoms with Gasteiger partial charge in [0.15, 0.2) is 5.96 Å². The first-order chi connectivity index (χ1) is 10.2. The Bertz CT molecular complexity index is 664. The fourth-order valence-electron chi connectivity index (χ4n) is 2.83. The summed E-state index contributed by atoms with van der Waals surface area (Å²) in [5.74, 6) is 0.591. The second kappa shape index (κ2) is 5.90. The Morgan fingerprint density at radius 3 is 2.62 bits per heavy atom. The Morgan fingerprint density at radius 1 is 1.19 bits per heavy atom. The maximum Gasteiger partial charge on any atom is 0.196 e. The van der Waals surface area contributed by atoms with Crippen molar-refractivity contribution in [2.24, 2.45) is 10.7 Å². The van der Waals surface area contributed by atoms with E-state index in [9.17, 15) is 0 Å². The minimum atomic E-state index is 0.183. The van der Waals surface area contributed by atoms with Gasteiger partial charge in [0.05, 0.1) is 12.6 Å². The van der Waals surface area contributed by atoms with Crippen LogP contribution in [0.15, 0.2) is 58.0 Å². The molecule has 2 N–H and O–H groups in total. The average molecular weight is 344 g/mol. The molecule has 0 bridgehead atoms. The predicted molar refractivity (Wildman–Crippen MR) is 91.7 cm³/mol. The molecule has 0 saturated heterocycles. The predicted octanol–water partition coefficient (Wildman–Crippen LogP) is 3.89. The number of halogens is 1. The van der Waals surface area contributed by atoms with Crippen molar-refractivity contribution in [1.29, 1.82) is 0 Å². The van der Waals surface area contributed by atoms with Crippen molar-refractivity contribution in [2.75, 3.05) is 11.4 Å². The number of aliphatic imine (C=N–C) groups is 1. The molecule has 21 heavy (non-hydrogen) atoms. The fraction of sp³-hybridized carbons (Fsp3) is 0.235. The van der Waals surface area contributed by atoms with E-state index in [1.54, 1.807) is 0 Å². The molecule has 2 aromatic carbocycles. The van der Waals surface area contributed by atoms with Crippen LogP contribution in [0, 0.1) is 0 Å². The van der Waals surface area contributed by atoms with Gasteiger partial charge in [-0.1, -0.05) is 47.1 Å². The Labute approximate surface area is 133 Å². The molecule has 0 radical (unpaired) electrons. The highest BCUT2D eigenvalue weighted by atomic mass is 79.9. The number of nitrogens with zero attached hydrogens (tertiary/aromatic N) is 2. The molecule has 3 rings (SSSR count). The lowest BCUT2D eigenvalue weighted by Crippen LogP contribution is -2.36. The number of hydrogen-bond acceptors (Lipinski definition) is 3. The Balaban J connectivity index is 2.01. The monoisotopic (exact) mass is 343 g/mol. The molecule has 1 atom stereocenters. The lowest BCUT2D eigenvalue weighted by atomic mass is 9.97. The highest BCUT2D eigenvalue weighted by Gasteiger charge is 2.29. The molecule has 1 aliphatic rings. The van der Waals surface area contributed by atoms with Gasteiger partial charge in [-0.3, -0.25) is 4.99 Å². The molecule has 0 fully saturated rings. The third kappa shape index (κ3) is 2.68. The van der Waals surface area contributed by atoms with Crippen molar-refractivity contribution < 1.29 is 0 Å². The lowest BCUT2D eigenvalue weighted by Gasteiger charge is -2.28. The van der Waals surface area contributed by atoms with E-state index in [-0.39, 0.29) is 6.04 Å². The van der Waals surface area contributed by atoms with Crippen molar-refractivity contribution in [2.45, 2.75) is 19.4 Å². The number of nitrogens with two attached hydrogens (primary N) is 1. The zero-order valence-corrected chi connectivity index (χ0v) is 13.5. The molecular weight excluding hydrogens is 326 g/mol. The van der Waals surface area contributed by atoms with Crippen LogP contribution >= 0.6 is 15.9 Å². The van der Waals surface area contributed by atoms with Gasteiger partial charge in [-0.15, -0.1) is 0 Å². The summed E-state index contributed by atoms with van der Waals surface area (Å²) in [6.07, 6.45) is 1.01. The molecule has 0 aliphatic carbocycles. The minimum absolute atomic E-state index is 0.183. The first kappa shape index (κ1) is 14.1. The summed E-state index contributed by atoms with van der Waals surface area (Å²) in [5.41, 5.74) is 9.88. The summed E-state index contributed by atoms with van der Waals surface area (Å²) in [4.78, 5) is 6.58. The molecule has 2 aromatic rings. The second-order valence-electron chi connectivity index (χ2n) is 5.11. The normalized spacial score (nSPS) is 17.9. The molecule has 1 heterocycles. The summed E-state index contributed by atoms with van der Waals surface area (Å²) in [7, 11) is 0. The van der Waals surface area contributed by atoms with Gasteiger partial charge in [-0.25, -0.2) is 0 Å². The van der Waals surface area contributed by atoms with Crippen LogP contribution in [-0.4, -0.2) is 12.5 Å². The van der Waals surface area contributed by atoms with Crippen molar-refractivity contribution in [1.82, 2.24) is 0 Å². The van der Waals surface area contributed by atoms with Crippen LogP contribution in [0.1, 0.15) is 24.1 Å². The zero-order chi connectivity index (χ0) is 14.8. The maximum atomic E-state index is 6.13. The van der Waals surface area contributed by atoms with E-state index < -0.39 is 0 Å². The van der Waals surface area contributed by atoms with Crippen LogP contribution in [0.2, 0.25) is 0 Å². The molecule has 0 saturated carbocycles. The summed E-state index contributed by atoms with van der Waals surface area (Å²) in [6, 6.07) is 16.9. The lowest BCUT2D eigenvalue weighted by molar-refractivity contribution is 0.756. The first-order valence-electron chi connectivity index (χ1n) is 7.13. The average Bonchev–Trinajstić information content (AvgIpc) is 2.90. The van der Waals surface area contributed by atoms with Crippen LogP contribution in [-0.2, 0) is 6.42 Å². The molecule has 1 aliphatic heterocycles. The standard InChI is InChI=1S/C17H18BrN3/c1-2-12-5-3-4-6-15(12)16-11-20-17(19)21(16)14-9-7-13(18)8-10-14/h3-10,16H,2,11H2,1H3,(H2,19,20). The van der Waals surface area contributed by atoms with Crippen LogP contribution in [0.3, 0.4) is 0 Å². The highest BCUT2D eigenvalue weighted by Crippen LogP contribution is 2.33. The molecule has 1 unspecified atom stereocenters. The smallest absolute Gasteiger partial charge is 0.196 e.